The van der Waals surface area contributed by atoms with Crippen molar-refractivity contribution >= 4 is 5.91 Å². The van der Waals surface area contributed by atoms with Crippen molar-refractivity contribution in [3.8, 4) is 0 Å². The zero-order chi connectivity index (χ0) is 16.4. The molecule has 3 aliphatic rings. The Balaban J connectivity index is 1.41. The summed E-state index contributed by atoms with van der Waals surface area (Å²) in [5.74, 6) is 0.848. The van der Waals surface area contributed by atoms with Crippen LogP contribution in [0.4, 0.5) is 0 Å². The molecule has 6 nitrogen and oxygen atoms in total. The molecule has 0 radical (unpaired) electrons. The fourth-order valence-electron chi connectivity index (χ4n) is 4.23. The minimum atomic E-state index is -0.358. The molecule has 1 amide bonds. The minimum Gasteiger partial charge on any atom is -0.459 e. The number of nitrogens with zero attached hydrogens (tertiary/aromatic N) is 2. The van der Waals surface area contributed by atoms with Crippen LogP contribution in [-0.2, 0) is 9.47 Å². The zero-order valence-electron chi connectivity index (χ0n) is 14.1. The summed E-state index contributed by atoms with van der Waals surface area (Å²) < 4.78 is 17.3. The van der Waals surface area contributed by atoms with Crippen molar-refractivity contribution in [2.24, 2.45) is 5.92 Å². The predicted octanol–water partition coefficient (Wildman–Crippen LogP) is 1.62. The van der Waals surface area contributed by atoms with Crippen LogP contribution in [0, 0.1) is 5.92 Å². The van der Waals surface area contributed by atoms with Gasteiger partial charge in [-0.15, -0.1) is 0 Å². The summed E-state index contributed by atoms with van der Waals surface area (Å²) in [6, 6.07) is 3.46. The van der Waals surface area contributed by atoms with E-state index in [0.717, 1.165) is 19.6 Å². The molecule has 132 valence electrons. The summed E-state index contributed by atoms with van der Waals surface area (Å²) in [6.07, 6.45) is 5.13. The first-order valence-corrected chi connectivity index (χ1v) is 9.01. The summed E-state index contributed by atoms with van der Waals surface area (Å²) in [5.41, 5.74) is -0.358. The Hall–Kier alpha value is -1.37. The molecule has 3 fully saturated rings. The van der Waals surface area contributed by atoms with Crippen molar-refractivity contribution in [1.82, 2.24) is 9.80 Å². The highest BCUT2D eigenvalue weighted by Gasteiger charge is 2.44. The SMILES string of the molecule is O=C(c1ccco1)N1CCOCC2(CC(CN3CCCC3)CO2)C1. The van der Waals surface area contributed by atoms with Crippen LogP contribution in [0.1, 0.15) is 29.8 Å². The number of hydrogen-bond acceptors (Lipinski definition) is 5. The third kappa shape index (κ3) is 3.36. The van der Waals surface area contributed by atoms with E-state index in [-0.39, 0.29) is 11.5 Å². The lowest BCUT2D eigenvalue weighted by molar-refractivity contribution is -0.0540. The average molecular weight is 334 g/mol. The fraction of sp³-hybridized carbons (Fsp3) is 0.722. The molecular formula is C18H26N2O4. The summed E-state index contributed by atoms with van der Waals surface area (Å²) in [5, 5.41) is 0. The van der Waals surface area contributed by atoms with Crippen LogP contribution in [0.2, 0.25) is 0 Å². The van der Waals surface area contributed by atoms with Gasteiger partial charge in [0, 0.05) is 13.1 Å². The van der Waals surface area contributed by atoms with Crippen LogP contribution in [-0.4, -0.2) is 73.9 Å². The molecule has 0 saturated carbocycles. The molecule has 4 rings (SSSR count). The van der Waals surface area contributed by atoms with Crippen LogP contribution >= 0.6 is 0 Å². The van der Waals surface area contributed by atoms with Gasteiger partial charge in [0.25, 0.3) is 5.91 Å². The van der Waals surface area contributed by atoms with Crippen molar-refractivity contribution < 1.29 is 18.7 Å². The zero-order valence-corrected chi connectivity index (χ0v) is 14.1. The molecule has 1 aromatic rings. The van der Waals surface area contributed by atoms with E-state index in [1.807, 2.05) is 4.90 Å². The van der Waals surface area contributed by atoms with Gasteiger partial charge in [0.05, 0.1) is 32.6 Å². The third-order valence-electron chi connectivity index (χ3n) is 5.37. The van der Waals surface area contributed by atoms with Gasteiger partial charge in [0.2, 0.25) is 0 Å². The Labute approximate surface area is 142 Å². The first-order valence-electron chi connectivity index (χ1n) is 9.01. The van der Waals surface area contributed by atoms with Crippen LogP contribution in [0.25, 0.3) is 0 Å². The fourth-order valence-corrected chi connectivity index (χ4v) is 4.23. The summed E-state index contributed by atoms with van der Waals surface area (Å²) in [6.45, 7) is 6.59. The predicted molar refractivity (Wildman–Crippen MR) is 87.9 cm³/mol. The van der Waals surface area contributed by atoms with Gasteiger partial charge in [0.15, 0.2) is 5.76 Å². The number of likely N-dealkylation sites (tertiary alicyclic amines) is 1. The Morgan fingerprint density at radius 1 is 1.29 bits per heavy atom. The molecule has 3 aliphatic heterocycles. The summed E-state index contributed by atoms with van der Waals surface area (Å²) in [4.78, 5) is 17.0. The highest BCUT2D eigenvalue weighted by molar-refractivity contribution is 5.91. The molecule has 1 spiro atoms. The molecule has 4 heterocycles. The van der Waals surface area contributed by atoms with Gasteiger partial charge in [-0.2, -0.15) is 0 Å². The van der Waals surface area contributed by atoms with E-state index < -0.39 is 0 Å². The lowest BCUT2D eigenvalue weighted by Crippen LogP contribution is -2.46. The van der Waals surface area contributed by atoms with Crippen molar-refractivity contribution in [2.45, 2.75) is 24.9 Å². The van der Waals surface area contributed by atoms with Gasteiger partial charge in [-0.1, -0.05) is 0 Å². The lowest BCUT2D eigenvalue weighted by atomic mass is 9.94. The first kappa shape index (κ1) is 16.1. The summed E-state index contributed by atoms with van der Waals surface area (Å²) in [7, 11) is 0. The molecule has 6 heteroatoms. The van der Waals surface area contributed by atoms with E-state index >= 15 is 0 Å². The Bertz CT molecular complexity index is 555. The molecule has 2 atom stereocenters. The van der Waals surface area contributed by atoms with E-state index in [1.165, 1.54) is 32.2 Å². The molecule has 0 aliphatic carbocycles. The van der Waals surface area contributed by atoms with Crippen molar-refractivity contribution in [1.29, 1.82) is 0 Å². The number of ether oxygens (including phenoxy) is 2. The molecule has 24 heavy (non-hydrogen) atoms. The van der Waals surface area contributed by atoms with E-state index in [1.54, 1.807) is 12.1 Å². The molecule has 0 bridgehead atoms. The van der Waals surface area contributed by atoms with E-state index in [2.05, 4.69) is 4.90 Å². The van der Waals surface area contributed by atoms with Crippen LogP contribution in [0.15, 0.2) is 22.8 Å². The quantitative estimate of drug-likeness (QED) is 0.841. The topological polar surface area (TPSA) is 55.2 Å². The van der Waals surface area contributed by atoms with Crippen molar-refractivity contribution in [3.63, 3.8) is 0 Å². The van der Waals surface area contributed by atoms with E-state index in [4.69, 9.17) is 13.9 Å². The van der Waals surface area contributed by atoms with Gasteiger partial charge >= 0.3 is 0 Å². The lowest BCUT2D eigenvalue weighted by Gasteiger charge is -2.31. The maximum atomic E-state index is 12.6. The monoisotopic (exact) mass is 334 g/mol. The number of amides is 1. The molecule has 2 unspecified atom stereocenters. The van der Waals surface area contributed by atoms with Gasteiger partial charge in [-0.25, -0.2) is 0 Å². The maximum Gasteiger partial charge on any atom is 0.289 e. The highest BCUT2D eigenvalue weighted by Crippen LogP contribution is 2.34. The van der Waals surface area contributed by atoms with Crippen molar-refractivity contribution in [2.75, 3.05) is 52.5 Å². The van der Waals surface area contributed by atoms with Crippen LogP contribution in [0.3, 0.4) is 0 Å². The smallest absolute Gasteiger partial charge is 0.289 e. The second-order valence-corrected chi connectivity index (χ2v) is 7.33. The molecule has 0 aromatic carbocycles. The normalized spacial score (nSPS) is 31.7. The van der Waals surface area contributed by atoms with Crippen LogP contribution in [0.5, 0.6) is 0 Å². The van der Waals surface area contributed by atoms with Gasteiger partial charge in [-0.3, -0.25) is 4.79 Å². The first-order chi connectivity index (χ1) is 11.7. The summed E-state index contributed by atoms with van der Waals surface area (Å²) >= 11 is 0. The van der Waals surface area contributed by atoms with E-state index in [9.17, 15) is 4.79 Å². The Morgan fingerprint density at radius 2 is 2.17 bits per heavy atom. The number of carbonyl (C=O) groups excluding carboxylic acids is 1. The maximum absolute atomic E-state index is 12.6. The Morgan fingerprint density at radius 3 is 2.96 bits per heavy atom. The molecule has 1 aromatic heterocycles. The largest absolute Gasteiger partial charge is 0.459 e. The van der Waals surface area contributed by atoms with Gasteiger partial charge < -0.3 is 23.7 Å². The van der Waals surface area contributed by atoms with Crippen molar-refractivity contribution in [3.05, 3.63) is 24.2 Å². The third-order valence-corrected chi connectivity index (χ3v) is 5.37. The second-order valence-electron chi connectivity index (χ2n) is 7.33. The van der Waals surface area contributed by atoms with E-state index in [0.29, 0.717) is 38.0 Å². The van der Waals surface area contributed by atoms with Gasteiger partial charge in [-0.05, 0) is 50.4 Å². The molecule has 3 saturated heterocycles. The second kappa shape index (κ2) is 6.86. The minimum absolute atomic E-state index is 0.0727. The molecular weight excluding hydrogens is 308 g/mol. The number of hydrogen-bond donors (Lipinski definition) is 0. The highest BCUT2D eigenvalue weighted by atomic mass is 16.5. The Kier molecular flexibility index (Phi) is 4.61. The number of furan rings is 1. The van der Waals surface area contributed by atoms with Gasteiger partial charge in [0.1, 0.15) is 5.60 Å². The number of carbonyl (C=O) groups is 1. The standard InChI is InChI=1S/C18H26N2O4/c21-17(16-4-3-8-23-16)20-7-9-22-14-18(13-20)10-15(12-24-18)11-19-5-1-2-6-19/h3-4,8,15H,1-2,5-7,9-14H2. The molecule has 0 N–H and O–H groups in total. The number of rotatable bonds is 3. The van der Waals surface area contributed by atoms with Crippen LogP contribution < -0.4 is 0 Å². The average Bonchev–Trinajstić information content (AvgIpc) is 3.30.